The number of ether oxygens (including phenoxy) is 1. The molecule has 3 atom stereocenters. The van der Waals surface area contributed by atoms with Gasteiger partial charge in [0.25, 0.3) is 15.7 Å². The molecule has 0 spiro atoms. The molecule has 2 aromatic carbocycles. The zero-order valence-corrected chi connectivity index (χ0v) is 18.8. The average Bonchev–Trinajstić information content (AvgIpc) is 3.11. The van der Waals surface area contributed by atoms with Crippen LogP contribution in [-0.4, -0.2) is 19.4 Å². The number of nitro groups is 1. The quantitative estimate of drug-likeness (QED) is 0.470. The number of benzene rings is 2. The molecule has 0 radical (unpaired) electrons. The van der Waals surface area contributed by atoms with E-state index >= 15 is 0 Å². The number of nitro benzene ring substituents is 1. The summed E-state index contributed by atoms with van der Waals surface area (Å²) in [6.07, 6.45) is 4.43. The predicted octanol–water partition coefficient (Wildman–Crippen LogP) is 5.48. The highest BCUT2D eigenvalue weighted by atomic mass is 32.2. The van der Waals surface area contributed by atoms with Crippen LogP contribution in [0.4, 0.5) is 11.4 Å². The third-order valence-electron chi connectivity index (χ3n) is 7.08. The van der Waals surface area contributed by atoms with E-state index in [1.807, 2.05) is 12.1 Å². The highest BCUT2D eigenvalue weighted by Gasteiger charge is 2.43. The van der Waals surface area contributed by atoms with Crippen molar-refractivity contribution < 1.29 is 18.1 Å². The molecule has 0 unspecified atom stereocenters. The van der Waals surface area contributed by atoms with E-state index in [0.717, 1.165) is 43.1 Å². The molecule has 31 heavy (non-hydrogen) atoms. The zero-order valence-electron chi connectivity index (χ0n) is 18.0. The maximum absolute atomic E-state index is 12.8. The topological polar surface area (TPSA) is 98.5 Å². The van der Waals surface area contributed by atoms with Crippen LogP contribution in [0, 0.1) is 21.4 Å². The van der Waals surface area contributed by atoms with Crippen LogP contribution in [-0.2, 0) is 10.0 Å². The van der Waals surface area contributed by atoms with Crippen molar-refractivity contribution in [3.63, 3.8) is 0 Å². The molecule has 8 heteroatoms. The third kappa shape index (κ3) is 4.13. The molecule has 0 saturated heterocycles. The zero-order chi connectivity index (χ0) is 22.4. The molecule has 4 rings (SSSR count). The standard InChI is InChI=1S/C23H28N2O5S/c1-4-23(2,3)15-8-10-21-19(12-15)20-13-16(9-11-22(20)30-21)24-31(28,29)18-7-5-6-17(14-18)25(26)27/h5-7,9,11,13-15,19,21,24H,4,8,10,12H2,1-3H3/t15-,19-,21+/m1/s1. The van der Waals surface area contributed by atoms with E-state index in [9.17, 15) is 18.5 Å². The minimum Gasteiger partial charge on any atom is -0.489 e. The fourth-order valence-electron chi connectivity index (χ4n) is 4.76. The molecule has 2 aliphatic rings. The second-order valence-corrected chi connectivity index (χ2v) is 10.9. The number of sulfonamides is 1. The van der Waals surface area contributed by atoms with Crippen molar-refractivity contribution in [2.45, 2.75) is 63.4 Å². The number of anilines is 1. The highest BCUT2D eigenvalue weighted by Crippen LogP contribution is 2.52. The summed E-state index contributed by atoms with van der Waals surface area (Å²) < 4.78 is 34.4. The molecule has 0 amide bonds. The van der Waals surface area contributed by atoms with E-state index in [-0.39, 0.29) is 28.0 Å². The second kappa shape index (κ2) is 7.82. The van der Waals surface area contributed by atoms with Crippen molar-refractivity contribution in [3.8, 4) is 5.75 Å². The smallest absolute Gasteiger partial charge is 0.270 e. The molecular formula is C23H28N2O5S. The Hall–Kier alpha value is -2.61. The Balaban J connectivity index is 1.59. The Morgan fingerprint density at radius 3 is 2.68 bits per heavy atom. The Morgan fingerprint density at radius 2 is 1.97 bits per heavy atom. The summed E-state index contributed by atoms with van der Waals surface area (Å²) in [6.45, 7) is 6.86. The summed E-state index contributed by atoms with van der Waals surface area (Å²) in [5.74, 6) is 1.67. The SMILES string of the molecule is CCC(C)(C)[C@@H]1CC[C@@H]2Oc3ccc(NS(=O)(=O)c4cccc([N+](=O)[O-])c4)cc3[C@H]2C1. The van der Waals surface area contributed by atoms with Gasteiger partial charge >= 0.3 is 0 Å². The molecule has 1 aliphatic heterocycles. The van der Waals surface area contributed by atoms with Crippen LogP contribution in [0.15, 0.2) is 47.4 Å². The van der Waals surface area contributed by atoms with E-state index in [0.29, 0.717) is 11.6 Å². The maximum atomic E-state index is 12.8. The van der Waals surface area contributed by atoms with Crippen molar-refractivity contribution in [1.82, 2.24) is 0 Å². The predicted molar refractivity (Wildman–Crippen MR) is 119 cm³/mol. The van der Waals surface area contributed by atoms with E-state index in [2.05, 4.69) is 25.5 Å². The van der Waals surface area contributed by atoms with E-state index in [4.69, 9.17) is 4.74 Å². The Kier molecular flexibility index (Phi) is 5.45. The summed E-state index contributed by atoms with van der Waals surface area (Å²) in [7, 11) is -3.95. The number of hydrogen-bond acceptors (Lipinski definition) is 5. The van der Waals surface area contributed by atoms with Crippen LogP contribution < -0.4 is 9.46 Å². The lowest BCUT2D eigenvalue weighted by molar-refractivity contribution is -0.385. The lowest BCUT2D eigenvalue weighted by Crippen LogP contribution is -2.34. The minimum absolute atomic E-state index is 0.140. The van der Waals surface area contributed by atoms with Gasteiger partial charge in [0, 0.05) is 29.3 Å². The van der Waals surface area contributed by atoms with Crippen LogP contribution in [0.5, 0.6) is 5.75 Å². The van der Waals surface area contributed by atoms with Crippen molar-refractivity contribution in [2.24, 2.45) is 11.3 Å². The minimum atomic E-state index is -3.95. The largest absolute Gasteiger partial charge is 0.489 e. The monoisotopic (exact) mass is 444 g/mol. The van der Waals surface area contributed by atoms with Gasteiger partial charge in [0.15, 0.2) is 0 Å². The second-order valence-electron chi connectivity index (χ2n) is 9.23. The van der Waals surface area contributed by atoms with Crippen molar-refractivity contribution in [2.75, 3.05) is 4.72 Å². The number of nitrogens with zero attached hydrogens (tertiary/aromatic N) is 1. The van der Waals surface area contributed by atoms with Crippen molar-refractivity contribution in [3.05, 3.63) is 58.1 Å². The third-order valence-corrected chi connectivity index (χ3v) is 8.46. The summed E-state index contributed by atoms with van der Waals surface area (Å²) in [6, 6.07) is 10.4. The van der Waals surface area contributed by atoms with Gasteiger partial charge in [-0.15, -0.1) is 0 Å². The first-order valence-corrected chi connectivity index (χ1v) is 12.2. The molecule has 7 nitrogen and oxygen atoms in total. The highest BCUT2D eigenvalue weighted by molar-refractivity contribution is 7.92. The first-order valence-electron chi connectivity index (χ1n) is 10.7. The molecule has 1 heterocycles. The molecule has 166 valence electrons. The van der Waals surface area contributed by atoms with Gasteiger partial charge in [0.2, 0.25) is 0 Å². The summed E-state index contributed by atoms with van der Waals surface area (Å²) in [4.78, 5) is 10.2. The van der Waals surface area contributed by atoms with Gasteiger partial charge < -0.3 is 4.74 Å². The molecular weight excluding hydrogens is 416 g/mol. The molecule has 0 aromatic heterocycles. The molecule has 2 aromatic rings. The molecule has 1 fully saturated rings. The van der Waals surface area contributed by atoms with Gasteiger partial charge in [0.05, 0.1) is 9.82 Å². The number of non-ortho nitro benzene ring substituents is 1. The number of nitrogens with one attached hydrogen (secondary N) is 1. The normalized spacial score (nSPS) is 22.9. The fraction of sp³-hybridized carbons (Fsp3) is 0.478. The van der Waals surface area contributed by atoms with Gasteiger partial charge in [-0.3, -0.25) is 14.8 Å². The van der Waals surface area contributed by atoms with E-state index < -0.39 is 14.9 Å². The van der Waals surface area contributed by atoms with Crippen LogP contribution >= 0.6 is 0 Å². The average molecular weight is 445 g/mol. The Labute approximate surface area is 183 Å². The summed E-state index contributed by atoms with van der Waals surface area (Å²) >= 11 is 0. The molecule has 1 saturated carbocycles. The van der Waals surface area contributed by atoms with Gasteiger partial charge in [-0.2, -0.15) is 0 Å². The van der Waals surface area contributed by atoms with Crippen LogP contribution in [0.3, 0.4) is 0 Å². The lowest BCUT2D eigenvalue weighted by atomic mass is 9.65. The summed E-state index contributed by atoms with van der Waals surface area (Å²) in [5, 5.41) is 11.0. The number of rotatable bonds is 6. The van der Waals surface area contributed by atoms with Crippen LogP contribution in [0.25, 0.3) is 0 Å². The van der Waals surface area contributed by atoms with Gasteiger partial charge in [0.1, 0.15) is 11.9 Å². The molecule has 1 N–H and O–H groups in total. The number of hydrogen-bond donors (Lipinski definition) is 1. The maximum Gasteiger partial charge on any atom is 0.270 e. The number of fused-ring (bicyclic) bond motifs is 3. The lowest BCUT2D eigenvalue weighted by Gasteiger charge is -2.40. The first-order chi connectivity index (χ1) is 14.6. The molecule has 0 bridgehead atoms. The first kappa shape index (κ1) is 21.6. The van der Waals surface area contributed by atoms with Crippen LogP contribution in [0.2, 0.25) is 0 Å². The van der Waals surface area contributed by atoms with E-state index in [1.54, 1.807) is 6.07 Å². The van der Waals surface area contributed by atoms with Crippen molar-refractivity contribution in [1.29, 1.82) is 0 Å². The summed E-state index contributed by atoms with van der Waals surface area (Å²) in [5.41, 5.74) is 1.47. The fourth-order valence-corrected chi connectivity index (χ4v) is 5.85. The Morgan fingerprint density at radius 1 is 1.19 bits per heavy atom. The van der Waals surface area contributed by atoms with Gasteiger partial charge in [-0.05, 0) is 54.9 Å². The van der Waals surface area contributed by atoms with Crippen molar-refractivity contribution >= 4 is 21.4 Å². The van der Waals surface area contributed by atoms with Gasteiger partial charge in [-0.25, -0.2) is 8.42 Å². The van der Waals surface area contributed by atoms with Gasteiger partial charge in [-0.1, -0.05) is 33.3 Å². The van der Waals surface area contributed by atoms with Crippen LogP contribution in [0.1, 0.15) is 57.9 Å². The van der Waals surface area contributed by atoms with E-state index in [1.165, 1.54) is 18.2 Å². The Bertz CT molecular complexity index is 1110. The molecule has 1 aliphatic carbocycles.